The summed E-state index contributed by atoms with van der Waals surface area (Å²) >= 11 is 0. The summed E-state index contributed by atoms with van der Waals surface area (Å²) in [6.07, 6.45) is 7.62. The molecule has 1 aliphatic rings. The lowest BCUT2D eigenvalue weighted by Crippen LogP contribution is -2.20. The van der Waals surface area contributed by atoms with Gasteiger partial charge in [0.15, 0.2) is 11.9 Å². The van der Waals surface area contributed by atoms with Crippen molar-refractivity contribution in [1.29, 1.82) is 0 Å². The predicted octanol–water partition coefficient (Wildman–Crippen LogP) is 2.02. The zero-order valence-electron chi connectivity index (χ0n) is 17.1. The summed E-state index contributed by atoms with van der Waals surface area (Å²) in [5.41, 5.74) is 5.07. The third kappa shape index (κ3) is 3.78. The number of nitrogens with one attached hydrogen (secondary N) is 1. The predicted molar refractivity (Wildman–Crippen MR) is 112 cm³/mol. The highest BCUT2D eigenvalue weighted by Gasteiger charge is 2.19. The third-order valence-corrected chi connectivity index (χ3v) is 5.26. The number of fused-ring (bicyclic) bond motifs is 2. The lowest BCUT2D eigenvalue weighted by atomic mass is 10.1. The van der Waals surface area contributed by atoms with E-state index >= 15 is 0 Å². The smallest absolute Gasteiger partial charge is 0.247 e. The average Bonchev–Trinajstić information content (AvgIpc) is 3.48. The van der Waals surface area contributed by atoms with Crippen molar-refractivity contribution in [3.63, 3.8) is 0 Å². The first kappa shape index (κ1) is 19.3. The Balaban J connectivity index is 1.42. The van der Waals surface area contributed by atoms with Crippen LogP contribution in [-0.4, -0.2) is 55.7 Å². The maximum Gasteiger partial charge on any atom is 0.247 e. The lowest BCUT2D eigenvalue weighted by molar-refractivity contribution is -0.117. The van der Waals surface area contributed by atoms with Crippen molar-refractivity contribution in [3.05, 3.63) is 54.1 Å². The first-order chi connectivity index (χ1) is 15.1. The van der Waals surface area contributed by atoms with Gasteiger partial charge in [-0.1, -0.05) is 6.07 Å². The number of rotatable bonds is 7. The van der Waals surface area contributed by atoms with Gasteiger partial charge in [0.2, 0.25) is 5.95 Å². The van der Waals surface area contributed by atoms with Crippen molar-refractivity contribution < 1.29 is 14.3 Å². The molecular weight excluding hydrogens is 398 g/mol. The minimum absolute atomic E-state index is 0.247. The number of hydrogen-bond donors (Lipinski definition) is 1. The van der Waals surface area contributed by atoms with Gasteiger partial charge in [0, 0.05) is 56.9 Å². The van der Waals surface area contributed by atoms with Gasteiger partial charge >= 0.3 is 0 Å². The molecule has 0 radical (unpaired) electrons. The fourth-order valence-electron chi connectivity index (χ4n) is 3.71. The van der Waals surface area contributed by atoms with Gasteiger partial charge in [-0.2, -0.15) is 10.1 Å². The van der Waals surface area contributed by atoms with E-state index in [0.29, 0.717) is 36.7 Å². The topological polar surface area (TPSA) is 108 Å². The number of anilines is 2. The van der Waals surface area contributed by atoms with Gasteiger partial charge < -0.3 is 14.8 Å². The number of carbonyl (C=O) groups is 1. The standard InChI is InChI=1S/C21H21N7O3/c1-30-18(31-2)12-27-11-15(10-23-27)19-20-25-21(26-28(20)6-5-22-19)24-16-4-3-13-8-17(29)9-14(13)7-16/h3-7,10-11,18H,8-9,12H2,1-2H3,(H,24,26). The molecule has 0 unspecified atom stereocenters. The Kier molecular flexibility index (Phi) is 4.92. The molecule has 0 bridgehead atoms. The number of methoxy groups -OCH3 is 2. The number of nitrogens with zero attached hydrogens (tertiary/aromatic N) is 6. The van der Waals surface area contributed by atoms with E-state index in [1.807, 2.05) is 24.4 Å². The normalized spacial score (nSPS) is 13.3. The van der Waals surface area contributed by atoms with Crippen LogP contribution in [0.3, 0.4) is 0 Å². The van der Waals surface area contributed by atoms with Crippen molar-refractivity contribution in [3.8, 4) is 11.3 Å². The number of Topliss-reactive ketones (excluding diaryl/α,β-unsaturated/α-hetero) is 1. The van der Waals surface area contributed by atoms with E-state index in [-0.39, 0.29) is 12.1 Å². The van der Waals surface area contributed by atoms with Gasteiger partial charge in [0.25, 0.3) is 0 Å². The lowest BCUT2D eigenvalue weighted by Gasteiger charge is -2.12. The number of ketones is 1. The average molecular weight is 419 g/mol. The van der Waals surface area contributed by atoms with Crippen LogP contribution >= 0.6 is 0 Å². The van der Waals surface area contributed by atoms with Gasteiger partial charge in [0.05, 0.1) is 12.7 Å². The van der Waals surface area contributed by atoms with E-state index in [4.69, 9.17) is 9.47 Å². The molecule has 158 valence electrons. The van der Waals surface area contributed by atoms with Crippen LogP contribution in [0.2, 0.25) is 0 Å². The molecule has 4 aromatic rings. The number of aromatic nitrogens is 6. The summed E-state index contributed by atoms with van der Waals surface area (Å²) < 4.78 is 13.9. The molecule has 0 fully saturated rings. The van der Waals surface area contributed by atoms with Crippen molar-refractivity contribution >= 4 is 23.1 Å². The van der Waals surface area contributed by atoms with Crippen LogP contribution in [0.4, 0.5) is 11.6 Å². The fourth-order valence-corrected chi connectivity index (χ4v) is 3.71. The summed E-state index contributed by atoms with van der Waals surface area (Å²) in [6, 6.07) is 5.90. The molecule has 0 aliphatic heterocycles. The molecule has 1 aliphatic carbocycles. The van der Waals surface area contributed by atoms with Crippen LogP contribution in [0.15, 0.2) is 43.0 Å². The number of carbonyl (C=O) groups excluding carboxylic acids is 1. The van der Waals surface area contributed by atoms with Gasteiger partial charge in [0.1, 0.15) is 11.5 Å². The number of ether oxygens (including phenoxy) is 2. The van der Waals surface area contributed by atoms with Crippen LogP contribution < -0.4 is 5.32 Å². The summed E-state index contributed by atoms with van der Waals surface area (Å²) in [5.74, 6) is 0.696. The second kappa shape index (κ2) is 7.89. The number of hydrogen-bond acceptors (Lipinski definition) is 8. The van der Waals surface area contributed by atoms with E-state index in [1.165, 1.54) is 0 Å². The zero-order chi connectivity index (χ0) is 21.4. The SMILES string of the molecule is COC(Cn1cc(-c2nccn3nc(Nc4ccc5c(c4)CC(=O)C5)nc23)cn1)OC. The van der Waals surface area contributed by atoms with Crippen LogP contribution in [0.5, 0.6) is 0 Å². The molecule has 31 heavy (non-hydrogen) atoms. The van der Waals surface area contributed by atoms with Gasteiger partial charge in [-0.15, -0.1) is 5.10 Å². The fraction of sp³-hybridized carbons (Fsp3) is 0.286. The molecule has 0 saturated carbocycles. The largest absolute Gasteiger partial charge is 0.354 e. The molecule has 10 heteroatoms. The second-order valence-electron chi connectivity index (χ2n) is 7.33. The molecule has 0 amide bonds. The maximum absolute atomic E-state index is 11.7. The van der Waals surface area contributed by atoms with Gasteiger partial charge in [-0.3, -0.25) is 14.5 Å². The van der Waals surface area contributed by atoms with Crippen LogP contribution in [0, 0.1) is 0 Å². The first-order valence-electron chi connectivity index (χ1n) is 9.83. The van der Waals surface area contributed by atoms with Crippen molar-refractivity contribution in [2.75, 3.05) is 19.5 Å². The molecule has 0 atom stereocenters. The summed E-state index contributed by atoms with van der Waals surface area (Å²) in [7, 11) is 3.18. The molecule has 5 rings (SSSR count). The maximum atomic E-state index is 11.7. The molecule has 1 aromatic carbocycles. The van der Waals surface area contributed by atoms with Crippen molar-refractivity contribution in [2.24, 2.45) is 0 Å². The Morgan fingerprint density at radius 1 is 1.19 bits per heavy atom. The summed E-state index contributed by atoms with van der Waals surface area (Å²) in [5, 5.41) is 12.1. The quantitative estimate of drug-likeness (QED) is 0.453. The highest BCUT2D eigenvalue weighted by molar-refractivity contribution is 5.88. The minimum Gasteiger partial charge on any atom is -0.354 e. The molecule has 3 aromatic heterocycles. The highest BCUT2D eigenvalue weighted by atomic mass is 16.7. The van der Waals surface area contributed by atoms with Gasteiger partial charge in [-0.25, -0.2) is 4.52 Å². The third-order valence-electron chi connectivity index (χ3n) is 5.26. The zero-order valence-corrected chi connectivity index (χ0v) is 17.1. The van der Waals surface area contributed by atoms with E-state index in [2.05, 4.69) is 25.5 Å². The molecule has 3 heterocycles. The van der Waals surface area contributed by atoms with E-state index in [9.17, 15) is 4.79 Å². The number of benzene rings is 1. The van der Waals surface area contributed by atoms with Crippen molar-refractivity contribution in [1.82, 2.24) is 29.4 Å². The molecule has 0 spiro atoms. The highest BCUT2D eigenvalue weighted by Crippen LogP contribution is 2.26. The second-order valence-corrected chi connectivity index (χ2v) is 7.33. The Morgan fingerprint density at radius 3 is 2.87 bits per heavy atom. The van der Waals surface area contributed by atoms with Crippen molar-refractivity contribution in [2.45, 2.75) is 25.7 Å². The van der Waals surface area contributed by atoms with Crippen LogP contribution in [0.1, 0.15) is 11.1 Å². The molecule has 1 N–H and O–H groups in total. The Labute approximate surface area is 177 Å². The minimum atomic E-state index is -0.386. The molecule has 10 nitrogen and oxygen atoms in total. The Hall–Kier alpha value is -3.63. The van der Waals surface area contributed by atoms with E-state index in [0.717, 1.165) is 22.4 Å². The summed E-state index contributed by atoms with van der Waals surface area (Å²) in [6.45, 7) is 0.455. The Morgan fingerprint density at radius 2 is 2.03 bits per heavy atom. The van der Waals surface area contributed by atoms with Gasteiger partial charge in [-0.05, 0) is 23.3 Å². The molecular formula is C21H21N7O3. The summed E-state index contributed by atoms with van der Waals surface area (Å²) in [4.78, 5) is 20.8. The van der Waals surface area contributed by atoms with E-state index in [1.54, 1.807) is 42.0 Å². The molecule has 0 saturated heterocycles. The monoisotopic (exact) mass is 419 g/mol. The first-order valence-corrected chi connectivity index (χ1v) is 9.83. The van der Waals surface area contributed by atoms with Crippen LogP contribution in [-0.2, 0) is 33.7 Å². The Bertz CT molecular complexity index is 1260. The van der Waals surface area contributed by atoms with E-state index < -0.39 is 0 Å². The van der Waals surface area contributed by atoms with Crippen LogP contribution in [0.25, 0.3) is 16.9 Å².